The van der Waals surface area contributed by atoms with Crippen LogP contribution in [0.5, 0.6) is 5.75 Å². The zero-order valence-corrected chi connectivity index (χ0v) is 15.8. The van der Waals surface area contributed by atoms with E-state index in [-0.39, 0.29) is 34.8 Å². The molecule has 1 atom stereocenters. The molecular weight excluding hydrogens is 384 g/mol. The number of hydrogen-bond acceptors (Lipinski definition) is 8. The summed E-state index contributed by atoms with van der Waals surface area (Å²) in [6, 6.07) is 3.85. The van der Waals surface area contributed by atoms with Crippen LogP contribution in [0.2, 0.25) is 0 Å². The third-order valence-electron chi connectivity index (χ3n) is 3.87. The Labute approximate surface area is 163 Å². The second-order valence-corrected chi connectivity index (χ2v) is 7.43. The first-order valence-electron chi connectivity index (χ1n) is 8.26. The Morgan fingerprint density at radius 2 is 2.04 bits per heavy atom. The molecule has 3 aromatic rings. The lowest BCUT2D eigenvalue weighted by molar-refractivity contribution is -0.116. The van der Waals surface area contributed by atoms with E-state index in [4.69, 9.17) is 10.8 Å². The fraction of sp³-hybridized carbons (Fsp3) is 0.235. The highest BCUT2D eigenvalue weighted by Gasteiger charge is 2.26. The minimum atomic E-state index is -1.29. The van der Waals surface area contributed by atoms with E-state index in [2.05, 4.69) is 25.3 Å². The summed E-state index contributed by atoms with van der Waals surface area (Å²) in [5.74, 6) is -2.03. The molecule has 10 nitrogen and oxygen atoms in total. The summed E-state index contributed by atoms with van der Waals surface area (Å²) in [5.41, 5.74) is 6.68. The van der Waals surface area contributed by atoms with Crippen LogP contribution in [0.15, 0.2) is 29.6 Å². The minimum Gasteiger partial charge on any atom is -0.507 e. The van der Waals surface area contributed by atoms with E-state index in [1.807, 2.05) is 13.8 Å². The Morgan fingerprint density at radius 3 is 2.71 bits per heavy atom. The van der Waals surface area contributed by atoms with Crippen molar-refractivity contribution in [3.05, 3.63) is 30.1 Å². The van der Waals surface area contributed by atoms with Crippen molar-refractivity contribution in [3.8, 4) is 5.75 Å². The summed E-state index contributed by atoms with van der Waals surface area (Å²) in [6.45, 7) is 3.76. The van der Waals surface area contributed by atoms with Crippen LogP contribution in [0.3, 0.4) is 0 Å². The van der Waals surface area contributed by atoms with E-state index in [9.17, 15) is 14.7 Å². The van der Waals surface area contributed by atoms with Crippen LogP contribution in [-0.4, -0.2) is 47.3 Å². The van der Waals surface area contributed by atoms with Crippen LogP contribution in [0.1, 0.15) is 24.2 Å². The SMILES string of the molecule is CC(C)[C@@H](Sc1nc(N)nc2nc[nH]c12)C(=O)Nc1ccc(O)c(C(=O)O)c1. The van der Waals surface area contributed by atoms with Crippen LogP contribution < -0.4 is 11.1 Å². The van der Waals surface area contributed by atoms with E-state index in [1.54, 1.807) is 0 Å². The fourth-order valence-corrected chi connectivity index (χ4v) is 3.61. The number of thioether (sulfide) groups is 1. The summed E-state index contributed by atoms with van der Waals surface area (Å²) in [6.07, 6.45) is 1.47. The summed E-state index contributed by atoms with van der Waals surface area (Å²) in [5, 5.41) is 21.3. The van der Waals surface area contributed by atoms with E-state index >= 15 is 0 Å². The first-order chi connectivity index (χ1) is 13.3. The number of carboxylic acids is 1. The molecule has 0 aliphatic rings. The predicted octanol–water partition coefficient (Wildman–Crippen LogP) is 2.09. The molecule has 0 fully saturated rings. The molecule has 11 heteroatoms. The molecule has 0 bridgehead atoms. The average molecular weight is 402 g/mol. The molecule has 0 radical (unpaired) electrons. The first kappa shape index (κ1) is 19.4. The molecular formula is C17H18N6O4S. The molecule has 1 amide bonds. The smallest absolute Gasteiger partial charge is 0.339 e. The predicted molar refractivity (Wildman–Crippen MR) is 104 cm³/mol. The van der Waals surface area contributed by atoms with Gasteiger partial charge in [0.05, 0.1) is 11.6 Å². The van der Waals surface area contributed by atoms with Gasteiger partial charge < -0.3 is 26.2 Å². The number of nitrogens with one attached hydrogen (secondary N) is 2. The van der Waals surface area contributed by atoms with Crippen molar-refractivity contribution < 1.29 is 19.8 Å². The van der Waals surface area contributed by atoms with E-state index in [0.29, 0.717) is 16.2 Å². The van der Waals surface area contributed by atoms with Gasteiger partial charge in [-0.3, -0.25) is 4.79 Å². The number of nitrogens with two attached hydrogens (primary N) is 1. The maximum atomic E-state index is 12.8. The molecule has 0 aliphatic heterocycles. The maximum absolute atomic E-state index is 12.8. The van der Waals surface area contributed by atoms with Crippen LogP contribution in [0, 0.1) is 5.92 Å². The number of aromatic nitrogens is 4. The van der Waals surface area contributed by atoms with Gasteiger partial charge in [0, 0.05) is 5.69 Å². The van der Waals surface area contributed by atoms with Gasteiger partial charge in [0.2, 0.25) is 11.9 Å². The normalized spacial score (nSPS) is 12.2. The standard InChI is InChI=1S/C17H18N6O4S/c1-7(2)12(28-15-11-13(20-6-19-11)22-17(18)23-15)14(25)21-8-3-4-10(24)9(5-8)16(26)27/h3-7,12,24H,1-2H3,(H,21,25)(H,26,27)(H3,18,19,20,22,23)/t12-/m1/s1. The molecule has 2 heterocycles. The number of rotatable bonds is 6. The second kappa shape index (κ2) is 7.72. The average Bonchev–Trinajstić information content (AvgIpc) is 3.08. The molecule has 0 saturated heterocycles. The van der Waals surface area contributed by atoms with Crippen LogP contribution >= 0.6 is 11.8 Å². The fourth-order valence-electron chi connectivity index (χ4n) is 2.52. The number of aromatic carboxylic acids is 1. The molecule has 0 aliphatic carbocycles. The number of nitrogens with zero attached hydrogens (tertiary/aromatic N) is 3. The zero-order chi connectivity index (χ0) is 20.4. The summed E-state index contributed by atoms with van der Waals surface area (Å²) < 4.78 is 0. The zero-order valence-electron chi connectivity index (χ0n) is 15.0. The van der Waals surface area contributed by atoms with E-state index in [0.717, 1.165) is 0 Å². The van der Waals surface area contributed by atoms with Crippen LogP contribution in [0.25, 0.3) is 11.2 Å². The van der Waals surface area contributed by atoms with E-state index in [1.165, 1.54) is 36.3 Å². The maximum Gasteiger partial charge on any atom is 0.339 e. The highest BCUT2D eigenvalue weighted by Crippen LogP contribution is 2.32. The van der Waals surface area contributed by atoms with Gasteiger partial charge in [-0.15, -0.1) is 0 Å². The van der Waals surface area contributed by atoms with Gasteiger partial charge in [-0.25, -0.2) is 14.8 Å². The monoisotopic (exact) mass is 402 g/mol. The lowest BCUT2D eigenvalue weighted by Gasteiger charge is -2.20. The topological polar surface area (TPSA) is 167 Å². The summed E-state index contributed by atoms with van der Waals surface area (Å²) >= 11 is 1.21. The molecule has 1 aromatic carbocycles. The van der Waals surface area contributed by atoms with Crippen LogP contribution in [0.4, 0.5) is 11.6 Å². The molecule has 6 N–H and O–H groups in total. The number of anilines is 2. The van der Waals surface area contributed by atoms with Crippen LogP contribution in [-0.2, 0) is 4.79 Å². The van der Waals surface area contributed by atoms with Crippen molar-refractivity contribution in [2.45, 2.75) is 24.1 Å². The number of amides is 1. The summed E-state index contributed by atoms with van der Waals surface area (Å²) in [4.78, 5) is 39.2. The Bertz CT molecular complexity index is 1050. The second-order valence-electron chi connectivity index (χ2n) is 6.30. The highest BCUT2D eigenvalue weighted by molar-refractivity contribution is 8.00. The number of H-pyrrole nitrogens is 1. The van der Waals surface area contributed by atoms with Gasteiger partial charge in [-0.05, 0) is 24.1 Å². The van der Waals surface area contributed by atoms with Gasteiger partial charge in [-0.2, -0.15) is 4.98 Å². The number of benzene rings is 1. The minimum absolute atomic E-state index is 0.0506. The van der Waals surface area contributed by atoms with Crippen molar-refractivity contribution in [2.24, 2.45) is 5.92 Å². The third kappa shape index (κ3) is 3.98. The molecule has 0 saturated carbocycles. The Balaban J connectivity index is 1.86. The number of nitrogen functional groups attached to an aromatic ring is 1. The third-order valence-corrected chi connectivity index (χ3v) is 5.40. The van der Waals surface area contributed by atoms with Gasteiger partial charge in [-0.1, -0.05) is 25.6 Å². The van der Waals surface area contributed by atoms with Crippen molar-refractivity contribution in [1.29, 1.82) is 0 Å². The van der Waals surface area contributed by atoms with Gasteiger partial charge >= 0.3 is 5.97 Å². The van der Waals surface area contributed by atoms with Gasteiger partial charge in [0.15, 0.2) is 5.65 Å². The lowest BCUT2D eigenvalue weighted by Crippen LogP contribution is -2.29. The molecule has 2 aromatic heterocycles. The van der Waals surface area contributed by atoms with E-state index < -0.39 is 11.2 Å². The van der Waals surface area contributed by atoms with Crippen molar-refractivity contribution >= 4 is 46.4 Å². The highest BCUT2D eigenvalue weighted by atomic mass is 32.2. The number of carboxylic acid groups (broad SMARTS) is 1. The number of aromatic amines is 1. The van der Waals surface area contributed by atoms with Crippen molar-refractivity contribution in [2.75, 3.05) is 11.1 Å². The lowest BCUT2D eigenvalue weighted by atomic mass is 10.1. The molecule has 0 spiro atoms. The van der Waals surface area contributed by atoms with Crippen molar-refractivity contribution in [3.63, 3.8) is 0 Å². The Morgan fingerprint density at radius 1 is 1.29 bits per heavy atom. The van der Waals surface area contributed by atoms with Gasteiger partial charge in [0.25, 0.3) is 0 Å². The number of aromatic hydroxyl groups is 1. The summed E-state index contributed by atoms with van der Waals surface area (Å²) in [7, 11) is 0. The largest absolute Gasteiger partial charge is 0.507 e. The number of carbonyl (C=O) groups excluding carboxylic acids is 1. The molecule has 3 rings (SSSR count). The quantitative estimate of drug-likeness (QED) is 0.235. The molecule has 0 unspecified atom stereocenters. The Hall–Kier alpha value is -3.34. The number of carbonyl (C=O) groups is 2. The first-order valence-corrected chi connectivity index (χ1v) is 9.14. The number of phenols is 1. The van der Waals surface area contributed by atoms with Gasteiger partial charge in [0.1, 0.15) is 21.9 Å². The molecule has 146 valence electrons. The van der Waals surface area contributed by atoms with Crippen molar-refractivity contribution in [1.82, 2.24) is 19.9 Å². The number of hydrogen-bond donors (Lipinski definition) is 5. The number of imidazole rings is 1. The molecule has 28 heavy (non-hydrogen) atoms. The number of fused-ring (bicyclic) bond motifs is 1. The Kier molecular flexibility index (Phi) is 5.36.